The molecule has 5 N–H and O–H groups in total. The van der Waals surface area contributed by atoms with Crippen LogP contribution in [0.5, 0.6) is 0 Å². The topological polar surface area (TPSA) is 114 Å². The van der Waals surface area contributed by atoms with Crippen molar-refractivity contribution in [2.45, 2.75) is 77.5 Å². The van der Waals surface area contributed by atoms with Crippen LogP contribution in [0.15, 0.2) is 91.0 Å². The zero-order valence-corrected chi connectivity index (χ0v) is 27.5. The van der Waals surface area contributed by atoms with E-state index in [9.17, 15) is 9.18 Å². The van der Waals surface area contributed by atoms with Crippen molar-refractivity contribution in [3.63, 3.8) is 0 Å². The third-order valence-corrected chi connectivity index (χ3v) is 9.70. The number of nitrogens with two attached hydrogens (primary N) is 2. The zero-order chi connectivity index (χ0) is 33.5. The predicted octanol–water partition coefficient (Wildman–Crippen LogP) is 7.52. The standard InChI is InChI=1S/C40H45FN6O/c41-35-9-5-4-8-34(35)27-46(26-31-12-10-30(25-42)11-13-31)40(48)33-19-20-37-36(24-33)45-38(47(37)23-22-28-6-2-1-3-7-28)21-16-29-14-17-32(18-15-29)39(43)44/h4-5,8-15,17-20,24,28H,1-3,6-7,16,21-23,25-27,42H2,(H3,43,44). The maximum Gasteiger partial charge on any atom is 0.254 e. The third kappa shape index (κ3) is 8.00. The average molecular weight is 645 g/mol. The SMILES string of the molecule is N=C(N)c1ccc(CCc2nc3cc(C(=O)N(Cc4ccc(CN)cc4)Cc4ccccc4F)ccc3n2CCC2CCCCC2)cc1. The van der Waals surface area contributed by atoms with E-state index in [1.165, 1.54) is 38.2 Å². The Morgan fingerprint density at radius 1 is 0.854 bits per heavy atom. The first kappa shape index (κ1) is 33.1. The van der Waals surface area contributed by atoms with Crippen molar-refractivity contribution in [3.8, 4) is 0 Å². The van der Waals surface area contributed by atoms with Crippen LogP contribution >= 0.6 is 0 Å². The Bertz CT molecular complexity index is 1860. The molecule has 5 aromatic rings. The molecule has 7 nitrogen and oxygen atoms in total. The molecule has 1 saturated carbocycles. The van der Waals surface area contributed by atoms with Gasteiger partial charge < -0.3 is 20.9 Å². The number of imidazole rings is 1. The van der Waals surface area contributed by atoms with Crippen LogP contribution in [0.3, 0.4) is 0 Å². The molecule has 1 aliphatic carbocycles. The zero-order valence-electron chi connectivity index (χ0n) is 27.5. The van der Waals surface area contributed by atoms with Crippen molar-refractivity contribution in [1.29, 1.82) is 5.41 Å². The summed E-state index contributed by atoms with van der Waals surface area (Å²) >= 11 is 0. The Labute approximate surface area is 282 Å². The largest absolute Gasteiger partial charge is 0.384 e. The number of benzene rings is 4. The second-order valence-corrected chi connectivity index (χ2v) is 13.1. The molecule has 1 fully saturated rings. The van der Waals surface area contributed by atoms with Crippen molar-refractivity contribution < 1.29 is 9.18 Å². The number of halogens is 1. The molecule has 1 aliphatic rings. The molecule has 6 rings (SSSR count). The minimum Gasteiger partial charge on any atom is -0.384 e. The molecule has 0 bridgehead atoms. The first-order valence-corrected chi connectivity index (χ1v) is 17.1. The summed E-state index contributed by atoms with van der Waals surface area (Å²) in [5.74, 6) is 1.29. The number of aryl methyl sites for hydroxylation is 3. The number of fused-ring (bicyclic) bond motifs is 1. The van der Waals surface area contributed by atoms with E-state index in [1.54, 1.807) is 23.1 Å². The van der Waals surface area contributed by atoms with Gasteiger partial charge in [-0.25, -0.2) is 9.37 Å². The lowest BCUT2D eigenvalue weighted by molar-refractivity contribution is 0.0728. The molecule has 248 valence electrons. The number of nitrogens with one attached hydrogen (secondary N) is 1. The highest BCUT2D eigenvalue weighted by molar-refractivity contribution is 5.97. The minimum absolute atomic E-state index is 0.0633. The highest BCUT2D eigenvalue weighted by Crippen LogP contribution is 2.29. The van der Waals surface area contributed by atoms with Gasteiger partial charge in [-0.2, -0.15) is 0 Å². The summed E-state index contributed by atoms with van der Waals surface area (Å²) in [5.41, 5.74) is 18.1. The van der Waals surface area contributed by atoms with Crippen LogP contribution in [0.25, 0.3) is 11.0 Å². The quantitative estimate of drug-likeness (QED) is 0.0909. The van der Waals surface area contributed by atoms with Crippen molar-refractivity contribution in [2.24, 2.45) is 17.4 Å². The van der Waals surface area contributed by atoms with Gasteiger partial charge in [0.1, 0.15) is 17.5 Å². The van der Waals surface area contributed by atoms with Gasteiger partial charge in [-0.15, -0.1) is 0 Å². The van der Waals surface area contributed by atoms with Gasteiger partial charge in [-0.1, -0.05) is 98.8 Å². The van der Waals surface area contributed by atoms with Gasteiger partial charge in [0.05, 0.1) is 11.0 Å². The van der Waals surface area contributed by atoms with Gasteiger partial charge in [-0.3, -0.25) is 10.2 Å². The fourth-order valence-electron chi connectivity index (χ4n) is 6.86. The molecule has 0 spiro atoms. The monoisotopic (exact) mass is 644 g/mol. The Morgan fingerprint density at radius 2 is 1.54 bits per heavy atom. The van der Waals surface area contributed by atoms with Crippen LogP contribution in [-0.2, 0) is 39.0 Å². The van der Waals surface area contributed by atoms with Gasteiger partial charge in [0.2, 0.25) is 0 Å². The van der Waals surface area contributed by atoms with E-state index in [0.29, 0.717) is 29.8 Å². The number of hydrogen-bond donors (Lipinski definition) is 3. The molecule has 0 unspecified atom stereocenters. The average Bonchev–Trinajstić information content (AvgIpc) is 3.47. The Balaban J connectivity index is 1.29. The van der Waals surface area contributed by atoms with E-state index in [4.69, 9.17) is 21.9 Å². The maximum atomic E-state index is 14.8. The molecule has 0 saturated heterocycles. The molecule has 0 radical (unpaired) electrons. The first-order valence-electron chi connectivity index (χ1n) is 17.1. The van der Waals surface area contributed by atoms with E-state index in [0.717, 1.165) is 65.3 Å². The summed E-state index contributed by atoms with van der Waals surface area (Å²) in [4.78, 5) is 21.0. The smallest absolute Gasteiger partial charge is 0.254 e. The number of nitrogens with zero attached hydrogens (tertiary/aromatic N) is 3. The highest BCUT2D eigenvalue weighted by atomic mass is 19.1. The van der Waals surface area contributed by atoms with Crippen LogP contribution in [0.4, 0.5) is 4.39 Å². The van der Waals surface area contributed by atoms with Crippen molar-refractivity contribution in [3.05, 3.63) is 136 Å². The fraction of sp³-hybridized carbons (Fsp3) is 0.325. The third-order valence-electron chi connectivity index (χ3n) is 9.70. The van der Waals surface area contributed by atoms with Crippen LogP contribution in [0.1, 0.15) is 82.5 Å². The summed E-state index contributed by atoms with van der Waals surface area (Å²) < 4.78 is 17.1. The number of aromatic nitrogens is 2. The van der Waals surface area contributed by atoms with Crippen molar-refractivity contribution in [1.82, 2.24) is 14.5 Å². The summed E-state index contributed by atoms with van der Waals surface area (Å²) in [7, 11) is 0. The minimum atomic E-state index is -0.332. The van der Waals surface area contributed by atoms with E-state index in [2.05, 4.69) is 4.57 Å². The number of carbonyl (C=O) groups excluding carboxylic acids is 1. The van der Waals surface area contributed by atoms with Gasteiger partial charge in [0.25, 0.3) is 5.91 Å². The van der Waals surface area contributed by atoms with E-state index < -0.39 is 0 Å². The number of nitrogen functional groups attached to an aromatic ring is 1. The van der Waals surface area contributed by atoms with Gasteiger partial charge in [0, 0.05) is 49.3 Å². The lowest BCUT2D eigenvalue weighted by Gasteiger charge is -2.24. The Kier molecular flexibility index (Phi) is 10.6. The fourth-order valence-corrected chi connectivity index (χ4v) is 6.86. The lowest BCUT2D eigenvalue weighted by Crippen LogP contribution is -2.30. The summed E-state index contributed by atoms with van der Waals surface area (Å²) in [5, 5.41) is 7.69. The van der Waals surface area contributed by atoms with Crippen LogP contribution in [-0.4, -0.2) is 26.2 Å². The van der Waals surface area contributed by atoms with Crippen LogP contribution in [0.2, 0.25) is 0 Å². The van der Waals surface area contributed by atoms with Gasteiger partial charge in [-0.05, 0) is 59.7 Å². The van der Waals surface area contributed by atoms with E-state index in [1.807, 2.05) is 66.7 Å². The molecule has 4 aromatic carbocycles. The lowest BCUT2D eigenvalue weighted by atomic mass is 9.87. The number of hydrogen-bond acceptors (Lipinski definition) is 4. The number of amidine groups is 1. The first-order chi connectivity index (χ1) is 23.4. The molecular weight excluding hydrogens is 599 g/mol. The molecule has 0 aliphatic heterocycles. The van der Waals surface area contributed by atoms with Crippen LogP contribution in [0, 0.1) is 17.1 Å². The molecule has 0 atom stereocenters. The normalized spacial score (nSPS) is 13.5. The highest BCUT2D eigenvalue weighted by Gasteiger charge is 2.21. The Hall–Kier alpha value is -4.82. The number of amides is 1. The van der Waals surface area contributed by atoms with Gasteiger partial charge >= 0.3 is 0 Å². The number of rotatable bonds is 13. The molecular formula is C40H45FN6O. The molecule has 1 amide bonds. The van der Waals surface area contributed by atoms with Crippen molar-refractivity contribution >= 4 is 22.8 Å². The number of carbonyl (C=O) groups is 1. The van der Waals surface area contributed by atoms with E-state index >= 15 is 0 Å². The molecule has 1 aromatic heterocycles. The Morgan fingerprint density at radius 3 is 2.25 bits per heavy atom. The second-order valence-electron chi connectivity index (χ2n) is 13.1. The molecule has 8 heteroatoms. The molecule has 1 heterocycles. The summed E-state index contributed by atoms with van der Waals surface area (Å²) in [6.07, 6.45) is 9.20. The molecule has 48 heavy (non-hydrogen) atoms. The van der Waals surface area contributed by atoms with Crippen molar-refractivity contribution in [2.75, 3.05) is 0 Å². The van der Waals surface area contributed by atoms with E-state index in [-0.39, 0.29) is 24.1 Å². The second kappa shape index (κ2) is 15.4. The van der Waals surface area contributed by atoms with Gasteiger partial charge in [0.15, 0.2) is 0 Å². The maximum absolute atomic E-state index is 14.8. The summed E-state index contributed by atoms with van der Waals surface area (Å²) in [6, 6.07) is 28.1. The van der Waals surface area contributed by atoms with Crippen LogP contribution < -0.4 is 11.5 Å². The summed E-state index contributed by atoms with van der Waals surface area (Å²) in [6.45, 7) is 1.82. The predicted molar refractivity (Wildman–Crippen MR) is 190 cm³/mol.